The Labute approximate surface area is 183 Å². The van der Waals surface area contributed by atoms with Crippen LogP contribution in [0.1, 0.15) is 13.8 Å². The molecule has 1 atom stereocenters. The lowest BCUT2D eigenvalue weighted by molar-refractivity contribution is -0.132. The highest BCUT2D eigenvalue weighted by atomic mass is 32.2. The van der Waals surface area contributed by atoms with Crippen molar-refractivity contribution in [3.8, 4) is 0 Å². The van der Waals surface area contributed by atoms with Crippen molar-refractivity contribution < 1.29 is 27.9 Å². The highest BCUT2D eigenvalue weighted by Gasteiger charge is 2.15. The van der Waals surface area contributed by atoms with Gasteiger partial charge >= 0.3 is 5.97 Å². The SMILES string of the molecule is C/C(=C/C(=O)Nc1ccc(S[C@@H](C)C(=O)Nc2ccc(S(N)(=O)=O)cc2)cc1)C(=O)O. The molecule has 0 spiro atoms. The lowest BCUT2D eigenvalue weighted by Gasteiger charge is -2.13. The van der Waals surface area contributed by atoms with Gasteiger partial charge in [-0.05, 0) is 62.4 Å². The van der Waals surface area contributed by atoms with E-state index in [0.29, 0.717) is 11.4 Å². The van der Waals surface area contributed by atoms with Crippen molar-refractivity contribution >= 4 is 50.9 Å². The summed E-state index contributed by atoms with van der Waals surface area (Å²) in [7, 11) is -3.80. The van der Waals surface area contributed by atoms with Crippen LogP contribution < -0.4 is 15.8 Å². The Hall–Kier alpha value is -3.15. The first-order chi connectivity index (χ1) is 14.5. The summed E-state index contributed by atoms with van der Waals surface area (Å²) in [5.74, 6) is -2.00. The maximum Gasteiger partial charge on any atom is 0.331 e. The van der Waals surface area contributed by atoms with Crippen molar-refractivity contribution in [3.63, 3.8) is 0 Å². The van der Waals surface area contributed by atoms with E-state index in [1.165, 1.54) is 43.0 Å². The molecule has 0 radical (unpaired) electrons. The Morgan fingerprint density at radius 3 is 2.03 bits per heavy atom. The van der Waals surface area contributed by atoms with Crippen molar-refractivity contribution in [2.24, 2.45) is 5.14 Å². The van der Waals surface area contributed by atoms with Crippen molar-refractivity contribution in [3.05, 3.63) is 60.2 Å². The molecule has 5 N–H and O–H groups in total. The third-order valence-corrected chi connectivity index (χ3v) is 5.98. The number of carboxylic acid groups (broad SMARTS) is 1. The molecule has 2 aromatic rings. The molecule has 0 saturated heterocycles. The molecule has 9 nitrogen and oxygen atoms in total. The highest BCUT2D eigenvalue weighted by molar-refractivity contribution is 8.00. The summed E-state index contributed by atoms with van der Waals surface area (Å²) >= 11 is 1.29. The van der Waals surface area contributed by atoms with Gasteiger partial charge in [-0.1, -0.05) is 0 Å². The standard InChI is InChI=1S/C20H21N3O6S2/c1-12(20(26)27)11-18(24)22-14-3-7-16(8-4-14)30-13(2)19(25)23-15-5-9-17(10-6-15)31(21,28)29/h3-11,13H,1-2H3,(H,22,24)(H,23,25)(H,26,27)(H2,21,28,29)/b12-11-/t13-/m0/s1. The zero-order chi connectivity index (χ0) is 23.2. The highest BCUT2D eigenvalue weighted by Crippen LogP contribution is 2.26. The normalized spacial score (nSPS) is 12.7. The molecule has 0 heterocycles. The lowest BCUT2D eigenvalue weighted by Crippen LogP contribution is -2.22. The topological polar surface area (TPSA) is 156 Å². The molecule has 164 valence electrons. The molecular formula is C20H21N3O6S2. The number of anilines is 2. The van der Waals surface area contributed by atoms with Crippen molar-refractivity contribution in [2.45, 2.75) is 28.9 Å². The average molecular weight is 464 g/mol. The minimum absolute atomic E-state index is 0.0475. The number of amides is 2. The minimum atomic E-state index is -3.80. The Balaban J connectivity index is 1.93. The van der Waals surface area contributed by atoms with E-state index < -0.39 is 27.1 Å². The van der Waals surface area contributed by atoms with E-state index in [2.05, 4.69) is 10.6 Å². The van der Waals surface area contributed by atoms with Crippen LogP contribution in [0, 0.1) is 0 Å². The van der Waals surface area contributed by atoms with Gasteiger partial charge in [-0.2, -0.15) is 0 Å². The van der Waals surface area contributed by atoms with E-state index in [-0.39, 0.29) is 16.4 Å². The molecule has 0 saturated carbocycles. The number of carbonyl (C=O) groups is 3. The zero-order valence-corrected chi connectivity index (χ0v) is 18.3. The van der Waals surface area contributed by atoms with Crippen molar-refractivity contribution in [2.75, 3.05) is 10.6 Å². The molecule has 2 amide bonds. The van der Waals surface area contributed by atoms with E-state index in [9.17, 15) is 22.8 Å². The van der Waals surface area contributed by atoms with Crippen LogP contribution in [-0.4, -0.2) is 36.6 Å². The molecule has 31 heavy (non-hydrogen) atoms. The quantitative estimate of drug-likeness (QED) is 0.346. The van der Waals surface area contributed by atoms with Gasteiger partial charge < -0.3 is 15.7 Å². The summed E-state index contributed by atoms with van der Waals surface area (Å²) in [6.45, 7) is 3.04. The third-order valence-electron chi connectivity index (χ3n) is 3.94. The second-order valence-corrected chi connectivity index (χ2v) is 9.44. The van der Waals surface area contributed by atoms with Crippen LogP contribution in [-0.2, 0) is 24.4 Å². The van der Waals surface area contributed by atoms with Crippen LogP contribution >= 0.6 is 11.8 Å². The van der Waals surface area contributed by atoms with Gasteiger partial charge in [-0.25, -0.2) is 18.4 Å². The smallest absolute Gasteiger partial charge is 0.331 e. The first kappa shape index (κ1) is 24.1. The monoisotopic (exact) mass is 463 g/mol. The molecule has 0 fully saturated rings. The number of aliphatic carboxylic acids is 1. The summed E-state index contributed by atoms with van der Waals surface area (Å²) in [4.78, 5) is 35.6. The second-order valence-electron chi connectivity index (χ2n) is 6.46. The number of benzene rings is 2. The number of hydrogen-bond donors (Lipinski definition) is 4. The Kier molecular flexibility index (Phi) is 7.97. The molecule has 2 aromatic carbocycles. The first-order valence-corrected chi connectivity index (χ1v) is 11.3. The fourth-order valence-electron chi connectivity index (χ4n) is 2.28. The number of nitrogens with one attached hydrogen (secondary N) is 2. The van der Waals surface area contributed by atoms with E-state index in [1.807, 2.05) is 0 Å². The molecule has 0 aliphatic heterocycles. The second kappa shape index (κ2) is 10.2. The molecule has 2 rings (SSSR count). The van der Waals surface area contributed by atoms with Crippen LogP contribution in [0.15, 0.2) is 70.0 Å². The number of primary sulfonamides is 1. The summed E-state index contributed by atoms with van der Waals surface area (Å²) in [5.41, 5.74) is 0.840. The molecule has 0 aliphatic carbocycles. The number of sulfonamides is 1. The van der Waals surface area contributed by atoms with Gasteiger partial charge in [0, 0.05) is 27.9 Å². The number of nitrogens with two attached hydrogens (primary N) is 1. The largest absolute Gasteiger partial charge is 0.478 e. The third kappa shape index (κ3) is 7.55. The fraction of sp³-hybridized carbons (Fsp3) is 0.150. The van der Waals surface area contributed by atoms with Crippen LogP contribution in [0.2, 0.25) is 0 Å². The summed E-state index contributed by atoms with van der Waals surface area (Å²) in [6, 6.07) is 12.2. The summed E-state index contributed by atoms with van der Waals surface area (Å²) < 4.78 is 22.5. The molecule has 11 heteroatoms. The first-order valence-electron chi connectivity index (χ1n) is 8.89. The van der Waals surface area contributed by atoms with Gasteiger partial charge in [0.25, 0.3) is 0 Å². The Bertz CT molecular complexity index is 1110. The van der Waals surface area contributed by atoms with Gasteiger partial charge in [0.05, 0.1) is 10.1 Å². The molecular weight excluding hydrogens is 442 g/mol. The van der Waals surface area contributed by atoms with Crippen molar-refractivity contribution in [1.82, 2.24) is 0 Å². The van der Waals surface area contributed by atoms with E-state index >= 15 is 0 Å². The summed E-state index contributed by atoms with van der Waals surface area (Å²) in [6.07, 6.45) is 0.993. The average Bonchev–Trinajstić information content (AvgIpc) is 2.69. The van der Waals surface area contributed by atoms with Crippen LogP contribution in [0.5, 0.6) is 0 Å². The number of hydrogen-bond acceptors (Lipinski definition) is 6. The van der Waals surface area contributed by atoms with E-state index in [0.717, 1.165) is 11.0 Å². The maximum absolute atomic E-state index is 12.4. The summed E-state index contributed by atoms with van der Waals surface area (Å²) in [5, 5.41) is 18.6. The Morgan fingerprint density at radius 2 is 1.52 bits per heavy atom. The minimum Gasteiger partial charge on any atom is -0.478 e. The predicted molar refractivity (Wildman–Crippen MR) is 118 cm³/mol. The van der Waals surface area contributed by atoms with E-state index in [4.69, 9.17) is 10.2 Å². The lowest BCUT2D eigenvalue weighted by atomic mass is 10.2. The van der Waals surface area contributed by atoms with Crippen LogP contribution in [0.4, 0.5) is 11.4 Å². The fourth-order valence-corrected chi connectivity index (χ4v) is 3.67. The predicted octanol–water partition coefficient (Wildman–Crippen LogP) is 2.42. The van der Waals surface area contributed by atoms with Gasteiger partial charge in [0.15, 0.2) is 0 Å². The molecule has 0 aliphatic rings. The van der Waals surface area contributed by atoms with Crippen LogP contribution in [0.25, 0.3) is 0 Å². The Morgan fingerprint density at radius 1 is 1.00 bits per heavy atom. The van der Waals surface area contributed by atoms with Gasteiger partial charge in [0.1, 0.15) is 0 Å². The number of carboxylic acids is 1. The zero-order valence-electron chi connectivity index (χ0n) is 16.7. The molecule has 0 unspecified atom stereocenters. The maximum atomic E-state index is 12.4. The van der Waals surface area contributed by atoms with Gasteiger partial charge in [-0.15, -0.1) is 11.8 Å². The molecule has 0 bridgehead atoms. The van der Waals surface area contributed by atoms with Gasteiger partial charge in [-0.3, -0.25) is 9.59 Å². The van der Waals surface area contributed by atoms with E-state index in [1.54, 1.807) is 31.2 Å². The number of carbonyl (C=O) groups excluding carboxylic acids is 2. The number of rotatable bonds is 8. The number of thioether (sulfide) groups is 1. The molecule has 0 aromatic heterocycles. The van der Waals surface area contributed by atoms with Crippen molar-refractivity contribution in [1.29, 1.82) is 0 Å². The van der Waals surface area contributed by atoms with Crippen LogP contribution in [0.3, 0.4) is 0 Å². The van der Waals surface area contributed by atoms with Gasteiger partial charge in [0.2, 0.25) is 21.8 Å².